The van der Waals surface area contributed by atoms with Crippen LogP contribution in [0, 0.1) is 17.3 Å². The molecule has 2 heteroatoms. The van der Waals surface area contributed by atoms with Gasteiger partial charge in [-0.25, -0.2) is 0 Å². The van der Waals surface area contributed by atoms with Crippen LogP contribution in [0.1, 0.15) is 46.0 Å². The van der Waals surface area contributed by atoms with Gasteiger partial charge >= 0.3 is 0 Å². The predicted molar refractivity (Wildman–Crippen MR) is 58.0 cm³/mol. The minimum Gasteiger partial charge on any atom is -0.396 e. The lowest BCUT2D eigenvalue weighted by Crippen LogP contribution is -2.43. The number of hydrogen-bond acceptors (Lipinski definition) is 2. The summed E-state index contributed by atoms with van der Waals surface area (Å²) in [6.07, 6.45) is 6.21. The Labute approximate surface area is 87.3 Å². The molecule has 1 aliphatic rings. The zero-order valence-corrected chi connectivity index (χ0v) is 9.50. The van der Waals surface area contributed by atoms with E-state index in [-0.39, 0.29) is 18.6 Å². The Morgan fingerprint density at radius 3 is 1.93 bits per heavy atom. The van der Waals surface area contributed by atoms with Gasteiger partial charge in [0.25, 0.3) is 0 Å². The smallest absolute Gasteiger partial charge is 0.0514 e. The van der Waals surface area contributed by atoms with E-state index in [9.17, 15) is 10.2 Å². The maximum absolute atomic E-state index is 9.54. The highest BCUT2D eigenvalue weighted by molar-refractivity contribution is 4.89. The van der Waals surface area contributed by atoms with E-state index in [4.69, 9.17) is 0 Å². The van der Waals surface area contributed by atoms with Gasteiger partial charge in [0.1, 0.15) is 0 Å². The first-order valence-electron chi connectivity index (χ1n) is 5.89. The third-order valence-corrected chi connectivity index (χ3v) is 4.16. The second kappa shape index (κ2) is 5.13. The van der Waals surface area contributed by atoms with Crippen molar-refractivity contribution in [3.8, 4) is 0 Å². The van der Waals surface area contributed by atoms with E-state index in [2.05, 4.69) is 13.8 Å². The molecule has 14 heavy (non-hydrogen) atoms. The maximum atomic E-state index is 9.54. The normalized spacial score (nSPS) is 20.4. The summed E-state index contributed by atoms with van der Waals surface area (Å²) in [5.74, 6) is 0.881. The Balaban J connectivity index is 2.73. The monoisotopic (exact) mass is 200 g/mol. The van der Waals surface area contributed by atoms with Crippen molar-refractivity contribution in [2.75, 3.05) is 13.2 Å². The molecule has 0 aliphatic heterocycles. The molecule has 0 aromatic rings. The molecule has 0 aromatic carbocycles. The fourth-order valence-corrected chi connectivity index (χ4v) is 2.82. The van der Waals surface area contributed by atoms with Gasteiger partial charge in [-0.3, -0.25) is 0 Å². The maximum Gasteiger partial charge on any atom is 0.0514 e. The van der Waals surface area contributed by atoms with Gasteiger partial charge in [-0.15, -0.1) is 0 Å². The lowest BCUT2D eigenvalue weighted by Gasteiger charge is -2.43. The Kier molecular flexibility index (Phi) is 4.39. The summed E-state index contributed by atoms with van der Waals surface area (Å²) < 4.78 is 0. The van der Waals surface area contributed by atoms with Crippen molar-refractivity contribution >= 4 is 0 Å². The molecule has 0 heterocycles. The van der Waals surface area contributed by atoms with Crippen molar-refractivity contribution in [3.05, 3.63) is 0 Å². The third kappa shape index (κ3) is 2.12. The average Bonchev–Trinajstić information content (AvgIpc) is 2.22. The zero-order chi connectivity index (χ0) is 10.6. The van der Waals surface area contributed by atoms with Crippen molar-refractivity contribution in [2.45, 2.75) is 46.0 Å². The summed E-state index contributed by atoms with van der Waals surface area (Å²) in [4.78, 5) is 0. The summed E-state index contributed by atoms with van der Waals surface area (Å²) in [5, 5.41) is 19.1. The van der Waals surface area contributed by atoms with Crippen molar-refractivity contribution in [3.63, 3.8) is 0 Å². The van der Waals surface area contributed by atoms with E-state index in [0.717, 1.165) is 0 Å². The lowest BCUT2D eigenvalue weighted by molar-refractivity contribution is -0.0457. The van der Waals surface area contributed by atoms with Gasteiger partial charge in [-0.2, -0.15) is 0 Å². The average molecular weight is 200 g/mol. The first kappa shape index (κ1) is 12.0. The van der Waals surface area contributed by atoms with Crippen LogP contribution >= 0.6 is 0 Å². The highest BCUT2D eigenvalue weighted by Crippen LogP contribution is 2.43. The molecule has 0 radical (unpaired) electrons. The Morgan fingerprint density at radius 2 is 1.57 bits per heavy atom. The Morgan fingerprint density at radius 1 is 1.07 bits per heavy atom. The molecule has 1 aliphatic carbocycles. The van der Waals surface area contributed by atoms with Crippen molar-refractivity contribution < 1.29 is 10.2 Å². The predicted octanol–water partition coefficient (Wildman–Crippen LogP) is 2.19. The molecule has 0 unspecified atom stereocenters. The van der Waals surface area contributed by atoms with Crippen LogP contribution in [0.4, 0.5) is 0 Å². The number of aliphatic hydroxyl groups is 2. The van der Waals surface area contributed by atoms with Gasteiger partial charge in [0.2, 0.25) is 0 Å². The summed E-state index contributed by atoms with van der Waals surface area (Å²) in [5.41, 5.74) is -0.236. The summed E-state index contributed by atoms with van der Waals surface area (Å²) in [6.45, 7) is 4.49. The van der Waals surface area contributed by atoms with E-state index < -0.39 is 0 Å². The number of hydrogen-bond donors (Lipinski definition) is 2. The van der Waals surface area contributed by atoms with Crippen LogP contribution in [0.5, 0.6) is 0 Å². The largest absolute Gasteiger partial charge is 0.396 e. The molecule has 2 nitrogen and oxygen atoms in total. The van der Waals surface area contributed by atoms with Gasteiger partial charge in [0.15, 0.2) is 0 Å². The van der Waals surface area contributed by atoms with E-state index >= 15 is 0 Å². The number of aliphatic hydroxyl groups excluding tert-OH is 2. The molecule has 0 spiro atoms. The summed E-state index contributed by atoms with van der Waals surface area (Å²) in [7, 11) is 0. The molecule has 1 saturated carbocycles. The van der Waals surface area contributed by atoms with Crippen molar-refractivity contribution in [1.29, 1.82) is 0 Å². The van der Waals surface area contributed by atoms with E-state index in [1.807, 2.05) is 0 Å². The molecule has 1 rings (SSSR count). The quantitative estimate of drug-likeness (QED) is 0.730. The zero-order valence-electron chi connectivity index (χ0n) is 9.50. The topological polar surface area (TPSA) is 40.5 Å². The molecule has 0 bridgehead atoms. The summed E-state index contributed by atoms with van der Waals surface area (Å²) >= 11 is 0. The van der Waals surface area contributed by atoms with Crippen LogP contribution < -0.4 is 0 Å². The Hall–Kier alpha value is -0.0800. The first-order chi connectivity index (χ1) is 6.67. The van der Waals surface area contributed by atoms with Gasteiger partial charge in [0, 0.05) is 5.41 Å². The molecule has 0 atom stereocenters. The van der Waals surface area contributed by atoms with E-state index in [1.54, 1.807) is 0 Å². The van der Waals surface area contributed by atoms with Crippen LogP contribution in [0.15, 0.2) is 0 Å². The Bertz CT molecular complexity index is 156. The molecule has 2 N–H and O–H groups in total. The standard InChI is InChI=1S/C12H24O2/c1-10(2)12(8-13,9-14)11-6-4-3-5-7-11/h10-11,13-14H,3-9H2,1-2H3. The fraction of sp³-hybridized carbons (Fsp3) is 1.00. The molecular weight excluding hydrogens is 176 g/mol. The molecule has 84 valence electrons. The van der Waals surface area contributed by atoms with Crippen LogP contribution in [0.25, 0.3) is 0 Å². The first-order valence-corrected chi connectivity index (χ1v) is 5.89. The lowest BCUT2D eigenvalue weighted by atomic mass is 9.64. The van der Waals surface area contributed by atoms with E-state index in [0.29, 0.717) is 11.8 Å². The number of rotatable bonds is 4. The highest BCUT2D eigenvalue weighted by atomic mass is 16.3. The van der Waals surface area contributed by atoms with Gasteiger partial charge in [0.05, 0.1) is 13.2 Å². The van der Waals surface area contributed by atoms with Gasteiger partial charge in [-0.1, -0.05) is 33.1 Å². The van der Waals surface area contributed by atoms with Gasteiger partial charge < -0.3 is 10.2 Å². The SMILES string of the molecule is CC(C)C(CO)(CO)C1CCCCC1. The third-order valence-electron chi connectivity index (χ3n) is 4.16. The molecule has 1 fully saturated rings. The van der Waals surface area contributed by atoms with Crippen molar-refractivity contribution in [1.82, 2.24) is 0 Å². The summed E-state index contributed by atoms with van der Waals surface area (Å²) in [6, 6.07) is 0. The molecule has 0 saturated heterocycles. The minimum absolute atomic E-state index is 0.131. The van der Waals surface area contributed by atoms with Crippen LogP contribution in [0.3, 0.4) is 0 Å². The van der Waals surface area contributed by atoms with Crippen molar-refractivity contribution in [2.24, 2.45) is 17.3 Å². The van der Waals surface area contributed by atoms with Gasteiger partial charge in [-0.05, 0) is 24.7 Å². The fourth-order valence-electron chi connectivity index (χ4n) is 2.82. The van der Waals surface area contributed by atoms with Crippen LogP contribution in [0.2, 0.25) is 0 Å². The molecule has 0 amide bonds. The highest BCUT2D eigenvalue weighted by Gasteiger charge is 2.40. The molecular formula is C12H24O2. The second-order valence-electron chi connectivity index (χ2n) is 5.04. The minimum atomic E-state index is -0.236. The van der Waals surface area contributed by atoms with E-state index in [1.165, 1.54) is 32.1 Å². The second-order valence-corrected chi connectivity index (χ2v) is 5.04. The molecule has 0 aromatic heterocycles. The van der Waals surface area contributed by atoms with Crippen LogP contribution in [-0.2, 0) is 0 Å². The van der Waals surface area contributed by atoms with Crippen LogP contribution in [-0.4, -0.2) is 23.4 Å².